The van der Waals surface area contributed by atoms with Crippen molar-refractivity contribution in [3.05, 3.63) is 29.1 Å². The minimum atomic E-state index is -0.722. The second-order valence-corrected chi connectivity index (χ2v) is 10.7. The number of pyridine rings is 1. The van der Waals surface area contributed by atoms with E-state index in [0.717, 1.165) is 42.6 Å². The first-order chi connectivity index (χ1) is 17.5. The summed E-state index contributed by atoms with van der Waals surface area (Å²) >= 11 is 0. The zero-order valence-corrected chi connectivity index (χ0v) is 23.0. The Hall–Kier alpha value is -2.88. The first-order valence-electron chi connectivity index (χ1n) is 13.3. The van der Waals surface area contributed by atoms with E-state index in [0.29, 0.717) is 26.1 Å². The smallest absolute Gasteiger partial charge is 0.410 e. The van der Waals surface area contributed by atoms with Gasteiger partial charge in [-0.05, 0) is 77.5 Å². The summed E-state index contributed by atoms with van der Waals surface area (Å²) in [6.45, 7) is 11.0. The number of nitrogens with one attached hydrogen (secondary N) is 1. The maximum Gasteiger partial charge on any atom is 0.410 e. The van der Waals surface area contributed by atoms with Crippen LogP contribution in [0.25, 0.3) is 0 Å². The lowest BCUT2D eigenvalue weighted by molar-refractivity contribution is -0.151. The van der Waals surface area contributed by atoms with Gasteiger partial charge < -0.3 is 29.3 Å². The molecule has 1 saturated carbocycles. The van der Waals surface area contributed by atoms with E-state index in [2.05, 4.69) is 29.1 Å². The number of hydrogen-bond donors (Lipinski definition) is 1. The Labute approximate surface area is 220 Å². The van der Waals surface area contributed by atoms with Crippen LogP contribution in [0.4, 0.5) is 9.59 Å². The number of nitrogens with zero attached hydrogens (tertiary/aromatic N) is 3. The molecule has 10 nitrogen and oxygen atoms in total. The number of rotatable bonds is 9. The molecule has 0 aromatic carbocycles. The van der Waals surface area contributed by atoms with Gasteiger partial charge >= 0.3 is 12.2 Å². The summed E-state index contributed by atoms with van der Waals surface area (Å²) in [4.78, 5) is 45.9. The van der Waals surface area contributed by atoms with Crippen LogP contribution in [0.1, 0.15) is 76.9 Å². The largest absolute Gasteiger partial charge is 0.453 e. The highest BCUT2D eigenvalue weighted by atomic mass is 16.6. The van der Waals surface area contributed by atoms with Crippen molar-refractivity contribution in [2.45, 2.75) is 90.5 Å². The van der Waals surface area contributed by atoms with E-state index in [1.807, 2.05) is 32.6 Å². The van der Waals surface area contributed by atoms with E-state index in [-0.39, 0.29) is 24.5 Å². The lowest BCUT2D eigenvalue weighted by atomic mass is 10.0. The highest BCUT2D eigenvalue weighted by Crippen LogP contribution is 2.36. The zero-order chi connectivity index (χ0) is 27.2. The first kappa shape index (κ1) is 28.7. The number of amides is 3. The molecule has 1 saturated heterocycles. The molecule has 0 spiro atoms. The Morgan fingerprint density at radius 2 is 1.95 bits per heavy atom. The van der Waals surface area contributed by atoms with Crippen molar-refractivity contribution in [3.63, 3.8) is 0 Å². The summed E-state index contributed by atoms with van der Waals surface area (Å²) < 4.78 is 16.0. The second kappa shape index (κ2) is 12.6. The molecule has 1 unspecified atom stereocenters. The van der Waals surface area contributed by atoms with Crippen LogP contribution in [0.15, 0.2) is 12.1 Å². The maximum atomic E-state index is 13.7. The lowest BCUT2D eigenvalue weighted by Crippen LogP contribution is -2.54. The molecule has 37 heavy (non-hydrogen) atoms. The molecule has 2 fully saturated rings. The SMILES string of the molecule is CCc1cc(C(C)N(C(=O)[C@H]2CN(C(=O)OC(C)(C)C)CCO2)C2CC2)cc(CCCNC(=O)OC)n1. The van der Waals surface area contributed by atoms with Gasteiger partial charge in [0.05, 0.1) is 26.3 Å². The molecular formula is C27H42N4O6. The third kappa shape index (κ3) is 8.31. The molecule has 3 rings (SSSR count). The van der Waals surface area contributed by atoms with Gasteiger partial charge in [0.1, 0.15) is 5.60 Å². The van der Waals surface area contributed by atoms with Crippen molar-refractivity contribution in [1.29, 1.82) is 0 Å². The molecule has 3 amide bonds. The van der Waals surface area contributed by atoms with Gasteiger partial charge in [0, 0.05) is 30.5 Å². The second-order valence-electron chi connectivity index (χ2n) is 10.7. The Kier molecular flexibility index (Phi) is 9.75. The van der Waals surface area contributed by atoms with Crippen molar-refractivity contribution in [3.8, 4) is 0 Å². The predicted molar refractivity (Wildman–Crippen MR) is 138 cm³/mol. The monoisotopic (exact) mass is 518 g/mol. The van der Waals surface area contributed by atoms with Crippen LogP contribution in [-0.4, -0.2) is 84.0 Å². The van der Waals surface area contributed by atoms with Crippen LogP contribution in [0.3, 0.4) is 0 Å². The quantitative estimate of drug-likeness (QED) is 0.497. The normalized spacial score (nSPS) is 18.6. The Morgan fingerprint density at radius 3 is 2.57 bits per heavy atom. The molecule has 2 atom stereocenters. The van der Waals surface area contributed by atoms with Crippen molar-refractivity contribution in [1.82, 2.24) is 20.1 Å². The molecule has 1 aromatic heterocycles. The summed E-state index contributed by atoms with van der Waals surface area (Å²) in [5.41, 5.74) is 2.33. The van der Waals surface area contributed by atoms with E-state index in [1.54, 1.807) is 4.90 Å². The summed E-state index contributed by atoms with van der Waals surface area (Å²) in [5.74, 6) is -0.0954. The lowest BCUT2D eigenvalue weighted by Gasteiger charge is -2.38. The summed E-state index contributed by atoms with van der Waals surface area (Å²) in [5, 5.41) is 2.69. The van der Waals surface area contributed by atoms with Crippen LogP contribution in [-0.2, 0) is 31.8 Å². The molecule has 0 bridgehead atoms. The molecular weight excluding hydrogens is 476 g/mol. The maximum absolute atomic E-state index is 13.7. The zero-order valence-electron chi connectivity index (χ0n) is 23.0. The van der Waals surface area contributed by atoms with Gasteiger partial charge in [-0.1, -0.05) is 6.92 Å². The van der Waals surface area contributed by atoms with Gasteiger partial charge in [-0.3, -0.25) is 9.78 Å². The molecule has 1 aliphatic heterocycles. The van der Waals surface area contributed by atoms with Crippen molar-refractivity contribution in [2.75, 3.05) is 33.4 Å². The summed E-state index contributed by atoms with van der Waals surface area (Å²) in [6.07, 6.45) is 2.52. The number of carbonyl (C=O) groups is 3. The van der Waals surface area contributed by atoms with Crippen molar-refractivity contribution in [2.24, 2.45) is 0 Å². The van der Waals surface area contributed by atoms with Gasteiger partial charge in [-0.2, -0.15) is 0 Å². The topological polar surface area (TPSA) is 110 Å². The fourth-order valence-corrected chi connectivity index (χ4v) is 4.42. The molecule has 10 heteroatoms. The third-order valence-corrected chi connectivity index (χ3v) is 6.47. The molecule has 2 heterocycles. The average Bonchev–Trinajstić information content (AvgIpc) is 3.70. The van der Waals surface area contributed by atoms with Crippen LogP contribution >= 0.6 is 0 Å². The van der Waals surface area contributed by atoms with Crippen LogP contribution in [0, 0.1) is 0 Å². The minimum Gasteiger partial charge on any atom is -0.453 e. The number of alkyl carbamates (subject to hydrolysis) is 1. The van der Waals surface area contributed by atoms with E-state index < -0.39 is 23.9 Å². The highest BCUT2D eigenvalue weighted by molar-refractivity contribution is 5.83. The summed E-state index contributed by atoms with van der Waals surface area (Å²) in [7, 11) is 1.34. The van der Waals surface area contributed by atoms with Gasteiger partial charge in [0.2, 0.25) is 0 Å². The molecule has 1 N–H and O–H groups in total. The molecule has 0 radical (unpaired) electrons. The minimum absolute atomic E-state index is 0.0954. The highest BCUT2D eigenvalue weighted by Gasteiger charge is 2.42. The number of morpholine rings is 1. The van der Waals surface area contributed by atoms with Crippen molar-refractivity contribution >= 4 is 18.1 Å². The van der Waals surface area contributed by atoms with Crippen LogP contribution in [0.5, 0.6) is 0 Å². The number of carbonyl (C=O) groups excluding carboxylic acids is 3. The van der Waals surface area contributed by atoms with E-state index in [4.69, 9.17) is 14.5 Å². The number of hydrogen-bond acceptors (Lipinski definition) is 7. The number of ether oxygens (including phenoxy) is 3. The predicted octanol–water partition coefficient (Wildman–Crippen LogP) is 3.62. The molecule has 1 aliphatic carbocycles. The standard InChI is InChI=1S/C27H42N4O6/c1-7-20-15-19(16-21(29-20)9-8-12-28-25(33)35-6)18(2)31(22-10-11-22)24(32)23-17-30(13-14-36-23)26(34)37-27(3,4)5/h15-16,18,22-23H,7-14,17H2,1-6H3,(H,28,33)/t18?,23-/m1/s1. The molecule has 206 valence electrons. The average molecular weight is 519 g/mol. The van der Waals surface area contributed by atoms with Crippen molar-refractivity contribution < 1.29 is 28.6 Å². The number of methoxy groups -OCH3 is 1. The van der Waals surface area contributed by atoms with Gasteiger partial charge in [-0.15, -0.1) is 0 Å². The van der Waals surface area contributed by atoms with E-state index in [1.165, 1.54) is 7.11 Å². The van der Waals surface area contributed by atoms with Crippen LogP contribution < -0.4 is 5.32 Å². The fourth-order valence-electron chi connectivity index (χ4n) is 4.42. The van der Waals surface area contributed by atoms with E-state index in [9.17, 15) is 14.4 Å². The van der Waals surface area contributed by atoms with E-state index >= 15 is 0 Å². The first-order valence-corrected chi connectivity index (χ1v) is 13.3. The van der Waals surface area contributed by atoms with Gasteiger partial charge in [0.25, 0.3) is 5.91 Å². The third-order valence-electron chi connectivity index (χ3n) is 6.47. The van der Waals surface area contributed by atoms with Crippen LogP contribution in [0.2, 0.25) is 0 Å². The Morgan fingerprint density at radius 1 is 1.24 bits per heavy atom. The van der Waals surface area contributed by atoms with Gasteiger partial charge in [-0.25, -0.2) is 9.59 Å². The fraction of sp³-hybridized carbons (Fsp3) is 0.704. The Balaban J connectivity index is 1.72. The number of aryl methyl sites for hydroxylation is 2. The summed E-state index contributed by atoms with van der Waals surface area (Å²) in [6, 6.07) is 4.12. The number of aromatic nitrogens is 1. The molecule has 2 aliphatic rings. The Bertz CT molecular complexity index is 959. The molecule has 1 aromatic rings. The van der Waals surface area contributed by atoms with Gasteiger partial charge in [0.15, 0.2) is 6.10 Å².